The average molecular weight is 226 g/mol. The lowest BCUT2D eigenvalue weighted by Crippen LogP contribution is -2.46. The minimum Gasteiger partial charge on any atom is -0.398 e. The molecule has 0 radical (unpaired) electrons. The predicted octanol–water partition coefficient (Wildman–Crippen LogP) is 1.99. The number of ether oxygens (including phenoxy) is 1. The molecule has 1 aromatic heterocycles. The van der Waals surface area contributed by atoms with Gasteiger partial charge in [-0.3, -0.25) is 0 Å². The Labute approximate surface area is 94.6 Å². The van der Waals surface area contributed by atoms with Crippen molar-refractivity contribution in [3.63, 3.8) is 0 Å². The Hall–Kier alpha value is -0.580. The summed E-state index contributed by atoms with van der Waals surface area (Å²) >= 11 is 1.72. The van der Waals surface area contributed by atoms with Crippen LogP contribution in [0.25, 0.3) is 0 Å². The van der Waals surface area contributed by atoms with Crippen LogP contribution in [-0.2, 0) is 11.3 Å². The van der Waals surface area contributed by atoms with Crippen LogP contribution >= 0.6 is 11.3 Å². The molecular weight excluding hydrogens is 208 g/mol. The summed E-state index contributed by atoms with van der Waals surface area (Å²) in [4.78, 5) is 1.24. The van der Waals surface area contributed by atoms with Gasteiger partial charge < -0.3 is 15.8 Å². The minimum absolute atomic E-state index is 0.217. The second-order valence-corrected chi connectivity index (χ2v) is 5.33. The highest BCUT2D eigenvalue weighted by Gasteiger charge is 2.26. The SMILES string of the molecule is CC1(NCc2sccc2N)CCOCC1. The van der Waals surface area contributed by atoms with E-state index in [1.54, 1.807) is 11.3 Å². The van der Waals surface area contributed by atoms with E-state index in [1.807, 2.05) is 11.4 Å². The van der Waals surface area contributed by atoms with E-state index in [9.17, 15) is 0 Å². The maximum absolute atomic E-state index is 5.85. The highest BCUT2D eigenvalue weighted by molar-refractivity contribution is 7.10. The van der Waals surface area contributed by atoms with Crippen molar-refractivity contribution in [3.8, 4) is 0 Å². The van der Waals surface area contributed by atoms with Crippen LogP contribution in [-0.4, -0.2) is 18.8 Å². The minimum atomic E-state index is 0.217. The summed E-state index contributed by atoms with van der Waals surface area (Å²) in [5.41, 5.74) is 6.97. The molecule has 1 aliphatic heterocycles. The molecular formula is C11H18N2OS. The summed E-state index contributed by atoms with van der Waals surface area (Å²) < 4.78 is 5.36. The molecule has 1 aliphatic rings. The summed E-state index contributed by atoms with van der Waals surface area (Å²) in [6, 6.07) is 1.97. The first-order chi connectivity index (χ1) is 7.20. The van der Waals surface area contributed by atoms with Crippen LogP contribution in [0.1, 0.15) is 24.6 Å². The van der Waals surface area contributed by atoms with E-state index in [-0.39, 0.29) is 5.54 Å². The molecule has 0 saturated carbocycles. The van der Waals surface area contributed by atoms with Gasteiger partial charge in [-0.05, 0) is 31.2 Å². The number of rotatable bonds is 3. The van der Waals surface area contributed by atoms with Gasteiger partial charge in [-0.1, -0.05) is 0 Å². The fourth-order valence-corrected chi connectivity index (χ4v) is 2.53. The van der Waals surface area contributed by atoms with E-state index < -0.39 is 0 Å². The third-order valence-corrected chi connectivity index (χ3v) is 3.99. The molecule has 0 bridgehead atoms. The van der Waals surface area contributed by atoms with Crippen LogP contribution in [0.2, 0.25) is 0 Å². The van der Waals surface area contributed by atoms with Gasteiger partial charge in [0.2, 0.25) is 0 Å². The lowest BCUT2D eigenvalue weighted by Gasteiger charge is -2.34. The lowest BCUT2D eigenvalue weighted by atomic mass is 9.92. The van der Waals surface area contributed by atoms with Gasteiger partial charge in [-0.15, -0.1) is 11.3 Å². The summed E-state index contributed by atoms with van der Waals surface area (Å²) in [5, 5.41) is 5.63. The molecule has 15 heavy (non-hydrogen) atoms. The third-order valence-electron chi connectivity index (χ3n) is 3.05. The second kappa shape index (κ2) is 4.51. The standard InChI is InChI=1S/C11H18N2OS/c1-11(3-5-14-6-4-11)13-8-10-9(12)2-7-15-10/h2,7,13H,3-6,8,12H2,1H3. The number of anilines is 1. The molecule has 84 valence electrons. The van der Waals surface area contributed by atoms with Crippen molar-refractivity contribution in [1.82, 2.24) is 5.32 Å². The largest absolute Gasteiger partial charge is 0.398 e. The van der Waals surface area contributed by atoms with Crippen LogP contribution in [0.4, 0.5) is 5.69 Å². The lowest BCUT2D eigenvalue weighted by molar-refractivity contribution is 0.0447. The zero-order valence-corrected chi connectivity index (χ0v) is 9.90. The Morgan fingerprint density at radius 3 is 2.87 bits per heavy atom. The van der Waals surface area contributed by atoms with E-state index in [0.29, 0.717) is 0 Å². The van der Waals surface area contributed by atoms with Crippen molar-refractivity contribution in [3.05, 3.63) is 16.3 Å². The van der Waals surface area contributed by atoms with Gasteiger partial charge in [0, 0.05) is 35.9 Å². The van der Waals surface area contributed by atoms with Crippen molar-refractivity contribution < 1.29 is 4.74 Å². The monoisotopic (exact) mass is 226 g/mol. The Balaban J connectivity index is 1.89. The normalized spacial score (nSPS) is 20.3. The van der Waals surface area contributed by atoms with Crippen molar-refractivity contribution in [2.45, 2.75) is 31.8 Å². The van der Waals surface area contributed by atoms with Crippen LogP contribution in [0.3, 0.4) is 0 Å². The van der Waals surface area contributed by atoms with Crippen molar-refractivity contribution in [2.75, 3.05) is 18.9 Å². The van der Waals surface area contributed by atoms with Gasteiger partial charge in [0.1, 0.15) is 0 Å². The summed E-state index contributed by atoms with van der Waals surface area (Å²) in [6.07, 6.45) is 2.16. The van der Waals surface area contributed by atoms with Gasteiger partial charge in [0.05, 0.1) is 0 Å². The number of nitrogens with one attached hydrogen (secondary N) is 1. The first-order valence-electron chi connectivity index (χ1n) is 5.34. The van der Waals surface area contributed by atoms with Gasteiger partial charge in [-0.2, -0.15) is 0 Å². The number of nitrogens with two attached hydrogens (primary N) is 1. The second-order valence-electron chi connectivity index (χ2n) is 4.33. The Morgan fingerprint density at radius 2 is 2.27 bits per heavy atom. The maximum atomic E-state index is 5.85. The number of hydrogen-bond acceptors (Lipinski definition) is 4. The molecule has 0 amide bonds. The number of thiophene rings is 1. The molecule has 2 heterocycles. The van der Waals surface area contributed by atoms with Gasteiger partial charge in [-0.25, -0.2) is 0 Å². The zero-order chi connectivity index (χ0) is 10.7. The van der Waals surface area contributed by atoms with Gasteiger partial charge in [0.15, 0.2) is 0 Å². The summed E-state index contributed by atoms with van der Waals surface area (Å²) in [5.74, 6) is 0. The molecule has 1 saturated heterocycles. The van der Waals surface area contributed by atoms with Gasteiger partial charge in [0.25, 0.3) is 0 Å². The molecule has 3 N–H and O–H groups in total. The van der Waals surface area contributed by atoms with E-state index >= 15 is 0 Å². The molecule has 2 rings (SSSR count). The Bertz CT molecular complexity index is 318. The van der Waals surface area contributed by atoms with Crippen molar-refractivity contribution >= 4 is 17.0 Å². The topological polar surface area (TPSA) is 47.3 Å². The molecule has 0 spiro atoms. The molecule has 0 aromatic carbocycles. The zero-order valence-electron chi connectivity index (χ0n) is 9.08. The highest BCUT2D eigenvalue weighted by atomic mass is 32.1. The molecule has 1 fully saturated rings. The molecule has 4 heteroatoms. The first-order valence-corrected chi connectivity index (χ1v) is 6.22. The van der Waals surface area contributed by atoms with Crippen LogP contribution in [0, 0.1) is 0 Å². The van der Waals surface area contributed by atoms with Crippen molar-refractivity contribution in [2.24, 2.45) is 0 Å². The van der Waals surface area contributed by atoms with Crippen LogP contribution < -0.4 is 11.1 Å². The van der Waals surface area contributed by atoms with Crippen molar-refractivity contribution in [1.29, 1.82) is 0 Å². The third kappa shape index (κ3) is 2.71. The highest BCUT2D eigenvalue weighted by Crippen LogP contribution is 2.23. The molecule has 0 unspecified atom stereocenters. The number of hydrogen-bond donors (Lipinski definition) is 2. The maximum Gasteiger partial charge on any atom is 0.0483 e. The molecule has 3 nitrogen and oxygen atoms in total. The van der Waals surface area contributed by atoms with Crippen LogP contribution in [0.5, 0.6) is 0 Å². The fraction of sp³-hybridized carbons (Fsp3) is 0.636. The fourth-order valence-electron chi connectivity index (χ4n) is 1.79. The summed E-state index contributed by atoms with van der Waals surface area (Å²) in [7, 11) is 0. The predicted molar refractivity (Wildman–Crippen MR) is 64.0 cm³/mol. The Morgan fingerprint density at radius 1 is 1.53 bits per heavy atom. The first kappa shape index (κ1) is 10.9. The Kier molecular flexibility index (Phi) is 3.29. The number of nitrogen functional groups attached to an aromatic ring is 1. The van der Waals surface area contributed by atoms with E-state index in [4.69, 9.17) is 10.5 Å². The molecule has 0 atom stereocenters. The summed E-state index contributed by atoms with van der Waals surface area (Å²) in [6.45, 7) is 4.87. The van der Waals surface area contributed by atoms with E-state index in [0.717, 1.165) is 38.3 Å². The molecule has 0 aliphatic carbocycles. The van der Waals surface area contributed by atoms with E-state index in [2.05, 4.69) is 12.2 Å². The molecule has 1 aromatic rings. The average Bonchev–Trinajstić information content (AvgIpc) is 2.62. The van der Waals surface area contributed by atoms with Gasteiger partial charge >= 0.3 is 0 Å². The smallest absolute Gasteiger partial charge is 0.0483 e. The van der Waals surface area contributed by atoms with E-state index in [1.165, 1.54) is 4.88 Å². The quantitative estimate of drug-likeness (QED) is 0.828. The van der Waals surface area contributed by atoms with Crippen LogP contribution in [0.15, 0.2) is 11.4 Å².